The van der Waals surface area contributed by atoms with E-state index in [-0.39, 0.29) is 12.0 Å². The molecule has 0 saturated carbocycles. The van der Waals surface area contributed by atoms with E-state index >= 15 is 0 Å². The third-order valence-electron chi connectivity index (χ3n) is 4.54. The van der Waals surface area contributed by atoms with Crippen molar-refractivity contribution in [1.82, 2.24) is 10.3 Å². The number of aromatic nitrogens is 1. The maximum Gasteiger partial charge on any atom is 0.253 e. The molecule has 6 heteroatoms. The summed E-state index contributed by atoms with van der Waals surface area (Å²) in [5.41, 5.74) is 2.13. The summed E-state index contributed by atoms with van der Waals surface area (Å²) >= 11 is 0. The van der Waals surface area contributed by atoms with E-state index in [1.807, 2.05) is 31.2 Å². The Morgan fingerprint density at radius 3 is 3.04 bits per heavy atom. The number of carbonyl (C=O) groups is 1. The molecule has 2 aromatic rings. The molecule has 1 N–H and O–H groups in total. The van der Waals surface area contributed by atoms with Gasteiger partial charge in [-0.15, -0.1) is 0 Å². The second-order valence-corrected chi connectivity index (χ2v) is 6.50. The predicted octanol–water partition coefficient (Wildman–Crippen LogP) is 2.87. The number of aryl methyl sites for hydroxylation is 1. The first-order valence-electron chi connectivity index (χ1n) is 9.10. The summed E-state index contributed by atoms with van der Waals surface area (Å²) in [6.07, 6.45) is 3.22. The quantitative estimate of drug-likeness (QED) is 0.735. The molecule has 2 heterocycles. The molecule has 1 fully saturated rings. The van der Waals surface area contributed by atoms with Crippen molar-refractivity contribution in [1.29, 1.82) is 0 Å². The van der Waals surface area contributed by atoms with Crippen LogP contribution in [-0.2, 0) is 9.47 Å². The highest BCUT2D eigenvalue weighted by molar-refractivity contribution is 5.98. The van der Waals surface area contributed by atoms with Crippen LogP contribution in [0.2, 0.25) is 0 Å². The molecule has 1 amide bonds. The SMILES string of the molecule is COc1ccc2cc(C(=O)NCCCOCC3CCCO3)c(C)nc2c1. The fourth-order valence-electron chi connectivity index (χ4n) is 3.06. The summed E-state index contributed by atoms with van der Waals surface area (Å²) in [6, 6.07) is 7.53. The fraction of sp³-hybridized carbons (Fsp3) is 0.500. The highest BCUT2D eigenvalue weighted by Gasteiger charge is 2.15. The molecule has 0 aliphatic carbocycles. The molecule has 3 rings (SSSR count). The third-order valence-corrected chi connectivity index (χ3v) is 4.54. The van der Waals surface area contributed by atoms with Crippen LogP contribution in [0.3, 0.4) is 0 Å². The Balaban J connectivity index is 1.48. The lowest BCUT2D eigenvalue weighted by atomic mass is 10.1. The van der Waals surface area contributed by atoms with Crippen LogP contribution in [0.1, 0.15) is 35.3 Å². The Morgan fingerprint density at radius 1 is 1.38 bits per heavy atom. The van der Waals surface area contributed by atoms with Crippen LogP contribution in [0.25, 0.3) is 10.9 Å². The number of methoxy groups -OCH3 is 1. The lowest BCUT2D eigenvalue weighted by Crippen LogP contribution is -2.26. The van der Waals surface area contributed by atoms with Gasteiger partial charge in [0.2, 0.25) is 0 Å². The lowest BCUT2D eigenvalue weighted by Gasteiger charge is -2.11. The summed E-state index contributed by atoms with van der Waals surface area (Å²) in [5.74, 6) is 0.649. The molecule has 0 bridgehead atoms. The Hall–Kier alpha value is -2.18. The Bertz CT molecular complexity index is 757. The lowest BCUT2D eigenvalue weighted by molar-refractivity contribution is 0.0166. The number of nitrogens with one attached hydrogen (secondary N) is 1. The largest absolute Gasteiger partial charge is 0.497 e. The van der Waals surface area contributed by atoms with Crippen molar-refractivity contribution in [2.45, 2.75) is 32.3 Å². The molecule has 1 unspecified atom stereocenters. The van der Waals surface area contributed by atoms with E-state index in [9.17, 15) is 4.79 Å². The van der Waals surface area contributed by atoms with Gasteiger partial charge in [-0.3, -0.25) is 9.78 Å². The summed E-state index contributed by atoms with van der Waals surface area (Å²) in [4.78, 5) is 17.0. The van der Waals surface area contributed by atoms with E-state index < -0.39 is 0 Å². The van der Waals surface area contributed by atoms with Crippen LogP contribution in [-0.4, -0.2) is 50.5 Å². The van der Waals surface area contributed by atoms with Gasteiger partial charge in [0.25, 0.3) is 5.91 Å². The number of nitrogens with zero attached hydrogens (tertiary/aromatic N) is 1. The smallest absolute Gasteiger partial charge is 0.253 e. The van der Waals surface area contributed by atoms with Gasteiger partial charge in [0, 0.05) is 31.2 Å². The van der Waals surface area contributed by atoms with Crippen molar-refractivity contribution >= 4 is 16.8 Å². The van der Waals surface area contributed by atoms with Crippen LogP contribution in [0, 0.1) is 6.92 Å². The molecule has 1 aliphatic rings. The van der Waals surface area contributed by atoms with Crippen molar-refractivity contribution in [2.75, 3.05) is 33.5 Å². The summed E-state index contributed by atoms with van der Waals surface area (Å²) in [5, 5.41) is 3.86. The first-order valence-corrected chi connectivity index (χ1v) is 9.10. The Labute approximate surface area is 153 Å². The maximum atomic E-state index is 12.4. The van der Waals surface area contributed by atoms with Crippen molar-refractivity contribution in [3.05, 3.63) is 35.5 Å². The second-order valence-electron chi connectivity index (χ2n) is 6.50. The monoisotopic (exact) mass is 358 g/mol. The van der Waals surface area contributed by atoms with Crippen LogP contribution in [0.4, 0.5) is 0 Å². The van der Waals surface area contributed by atoms with Crippen LogP contribution >= 0.6 is 0 Å². The molecule has 1 atom stereocenters. The molecule has 1 saturated heterocycles. The molecule has 140 valence electrons. The molecular formula is C20H26N2O4. The molecule has 26 heavy (non-hydrogen) atoms. The van der Waals surface area contributed by atoms with Gasteiger partial charge < -0.3 is 19.5 Å². The second kappa shape index (κ2) is 8.96. The van der Waals surface area contributed by atoms with Crippen molar-refractivity contribution in [3.63, 3.8) is 0 Å². The fourth-order valence-corrected chi connectivity index (χ4v) is 3.06. The number of hydrogen-bond acceptors (Lipinski definition) is 5. The molecule has 1 aliphatic heterocycles. The summed E-state index contributed by atoms with van der Waals surface area (Å²) in [6.45, 7) is 4.53. The zero-order chi connectivity index (χ0) is 18.4. The zero-order valence-electron chi connectivity index (χ0n) is 15.4. The summed E-state index contributed by atoms with van der Waals surface area (Å²) < 4.78 is 16.3. The molecule has 0 spiro atoms. The van der Waals surface area contributed by atoms with Crippen LogP contribution in [0.15, 0.2) is 24.3 Å². The Morgan fingerprint density at radius 2 is 2.27 bits per heavy atom. The van der Waals surface area contributed by atoms with Gasteiger partial charge in [0.15, 0.2) is 0 Å². The highest BCUT2D eigenvalue weighted by atomic mass is 16.5. The summed E-state index contributed by atoms with van der Waals surface area (Å²) in [7, 11) is 1.63. The number of hydrogen-bond donors (Lipinski definition) is 1. The van der Waals surface area contributed by atoms with Gasteiger partial charge in [-0.2, -0.15) is 0 Å². The first-order chi connectivity index (χ1) is 12.7. The number of rotatable bonds is 8. The van der Waals surface area contributed by atoms with Gasteiger partial charge >= 0.3 is 0 Å². The average molecular weight is 358 g/mol. The van der Waals surface area contributed by atoms with Crippen molar-refractivity contribution in [3.8, 4) is 5.75 Å². The van der Waals surface area contributed by atoms with E-state index in [0.29, 0.717) is 31.0 Å². The molecule has 1 aromatic carbocycles. The standard InChI is InChI=1S/C20H26N2O4/c1-14-18(11-15-6-7-16(24-2)12-19(15)22-14)20(23)21-8-4-9-25-13-17-5-3-10-26-17/h6-7,11-12,17H,3-5,8-10,13H2,1-2H3,(H,21,23). The number of benzene rings is 1. The van der Waals surface area contributed by atoms with Gasteiger partial charge in [0.05, 0.1) is 36.6 Å². The van der Waals surface area contributed by atoms with E-state index in [1.54, 1.807) is 7.11 Å². The third kappa shape index (κ3) is 4.71. The number of fused-ring (bicyclic) bond motifs is 1. The molecular weight excluding hydrogens is 332 g/mol. The van der Waals surface area contributed by atoms with Crippen molar-refractivity contribution in [2.24, 2.45) is 0 Å². The molecule has 6 nitrogen and oxygen atoms in total. The number of carbonyl (C=O) groups excluding carboxylic acids is 1. The number of pyridine rings is 1. The van der Waals surface area contributed by atoms with Crippen molar-refractivity contribution < 1.29 is 19.0 Å². The van der Waals surface area contributed by atoms with Crippen LogP contribution < -0.4 is 10.1 Å². The van der Waals surface area contributed by atoms with E-state index in [4.69, 9.17) is 14.2 Å². The minimum atomic E-state index is -0.105. The normalized spacial score (nSPS) is 16.8. The minimum Gasteiger partial charge on any atom is -0.497 e. The van der Waals surface area contributed by atoms with E-state index in [2.05, 4.69) is 10.3 Å². The minimum absolute atomic E-state index is 0.105. The van der Waals surface area contributed by atoms with Crippen LogP contribution in [0.5, 0.6) is 5.75 Å². The molecule has 0 radical (unpaired) electrons. The Kier molecular flexibility index (Phi) is 6.41. The zero-order valence-corrected chi connectivity index (χ0v) is 15.4. The average Bonchev–Trinajstić information content (AvgIpc) is 3.16. The number of amides is 1. The number of ether oxygens (including phenoxy) is 3. The van der Waals surface area contributed by atoms with E-state index in [0.717, 1.165) is 42.5 Å². The topological polar surface area (TPSA) is 69.7 Å². The van der Waals surface area contributed by atoms with Gasteiger partial charge in [-0.05, 0) is 44.4 Å². The predicted molar refractivity (Wildman–Crippen MR) is 99.8 cm³/mol. The van der Waals surface area contributed by atoms with Gasteiger partial charge in [-0.25, -0.2) is 0 Å². The highest BCUT2D eigenvalue weighted by Crippen LogP contribution is 2.21. The molecule has 1 aromatic heterocycles. The van der Waals surface area contributed by atoms with E-state index in [1.165, 1.54) is 0 Å². The van der Waals surface area contributed by atoms with Gasteiger partial charge in [0.1, 0.15) is 5.75 Å². The maximum absolute atomic E-state index is 12.4. The first kappa shape index (κ1) is 18.6. The van der Waals surface area contributed by atoms with Gasteiger partial charge in [-0.1, -0.05) is 0 Å².